The van der Waals surface area contributed by atoms with Crippen LogP contribution in [0.1, 0.15) is 30.7 Å². The maximum Gasteiger partial charge on any atom is 0.321 e. The molecule has 0 aromatic carbocycles. The first-order valence-electron chi connectivity index (χ1n) is 10.7. The van der Waals surface area contributed by atoms with Crippen molar-refractivity contribution in [3.8, 4) is 0 Å². The van der Waals surface area contributed by atoms with Crippen LogP contribution in [0.5, 0.6) is 0 Å². The van der Waals surface area contributed by atoms with E-state index in [0.29, 0.717) is 24.5 Å². The summed E-state index contributed by atoms with van der Waals surface area (Å²) in [6.45, 7) is 5.95. The smallest absolute Gasteiger partial charge is 0.321 e. The summed E-state index contributed by atoms with van der Waals surface area (Å²) in [5, 5.41) is 10.4. The number of aryl methyl sites for hydroxylation is 2. The number of aromatic nitrogens is 4. The zero-order chi connectivity index (χ0) is 24.2. The average molecular weight is 462 g/mol. The minimum Gasteiger partial charge on any atom is -0.338 e. The van der Waals surface area contributed by atoms with Gasteiger partial charge in [-0.05, 0) is 53.2 Å². The Balaban J connectivity index is 1.51. The zero-order valence-corrected chi connectivity index (χ0v) is 19.1. The van der Waals surface area contributed by atoms with Crippen LogP contribution in [0, 0.1) is 13.8 Å². The van der Waals surface area contributed by atoms with Gasteiger partial charge in [0, 0.05) is 36.6 Å². The number of hydrogen-bond donors (Lipinski definition) is 6. The number of unbranched alkanes of at least 4 members (excludes halogenated alkanes) is 1. The third-order valence-electron chi connectivity index (χ3n) is 4.46. The second-order valence-corrected chi connectivity index (χ2v) is 7.60. The van der Waals surface area contributed by atoms with Gasteiger partial charge in [0.15, 0.2) is 0 Å². The highest BCUT2D eigenvalue weighted by atomic mass is 16.2. The normalized spacial score (nSPS) is 10.7. The first kappa shape index (κ1) is 25.5. The Labute approximate surface area is 190 Å². The fourth-order valence-electron chi connectivity index (χ4n) is 2.95. The highest BCUT2D eigenvalue weighted by Gasteiger charge is 2.06. The Morgan fingerprint density at radius 1 is 0.818 bits per heavy atom. The summed E-state index contributed by atoms with van der Waals surface area (Å²) < 4.78 is 0. The molecule has 2 heterocycles. The van der Waals surface area contributed by atoms with Crippen LogP contribution in [0.25, 0.3) is 0 Å². The molecule has 0 bridgehead atoms. The van der Waals surface area contributed by atoms with Crippen molar-refractivity contribution in [2.45, 2.75) is 33.1 Å². The molecule has 2 aromatic rings. The highest BCUT2D eigenvalue weighted by molar-refractivity contribution is 5.87. The maximum atomic E-state index is 11.9. The lowest BCUT2D eigenvalue weighted by Gasteiger charge is -2.16. The Morgan fingerprint density at radius 2 is 1.27 bits per heavy atom. The molecule has 13 heteroatoms. The molecule has 4 amide bonds. The number of nitrogens with zero attached hydrogens (tertiary/aromatic N) is 3. The topological polar surface area (TPSA) is 177 Å². The van der Waals surface area contributed by atoms with E-state index in [1.807, 2.05) is 7.05 Å². The van der Waals surface area contributed by atoms with Crippen molar-refractivity contribution in [3.05, 3.63) is 44.2 Å². The number of carbonyl (C=O) groups is 2. The van der Waals surface area contributed by atoms with E-state index < -0.39 is 12.1 Å². The quantitative estimate of drug-likeness (QED) is 0.264. The van der Waals surface area contributed by atoms with E-state index in [1.54, 1.807) is 13.8 Å². The van der Waals surface area contributed by atoms with E-state index in [-0.39, 0.29) is 23.0 Å². The summed E-state index contributed by atoms with van der Waals surface area (Å²) in [7, 11) is 1.99. The highest BCUT2D eigenvalue weighted by Crippen LogP contribution is 1.97. The molecule has 0 unspecified atom stereocenters. The van der Waals surface area contributed by atoms with Crippen LogP contribution in [0.2, 0.25) is 0 Å². The monoisotopic (exact) mass is 461 g/mol. The van der Waals surface area contributed by atoms with Crippen molar-refractivity contribution in [1.82, 2.24) is 35.5 Å². The molecule has 0 aliphatic heterocycles. The number of anilines is 2. The molecule has 6 N–H and O–H groups in total. The van der Waals surface area contributed by atoms with Crippen LogP contribution < -0.4 is 32.4 Å². The molecule has 0 fully saturated rings. The molecule has 2 rings (SSSR count). The van der Waals surface area contributed by atoms with Gasteiger partial charge in [-0.2, -0.15) is 0 Å². The molecule has 0 spiro atoms. The predicted octanol–water partition coefficient (Wildman–Crippen LogP) is 0.515. The summed E-state index contributed by atoms with van der Waals surface area (Å²) in [6.07, 6.45) is 2.43. The third-order valence-corrected chi connectivity index (χ3v) is 4.46. The van der Waals surface area contributed by atoms with Gasteiger partial charge < -0.3 is 15.5 Å². The van der Waals surface area contributed by atoms with Gasteiger partial charge in [0.25, 0.3) is 11.1 Å². The molecule has 13 nitrogen and oxygen atoms in total. The molecule has 0 saturated carbocycles. The minimum atomic E-state index is -0.430. The second-order valence-electron chi connectivity index (χ2n) is 7.60. The van der Waals surface area contributed by atoms with Crippen LogP contribution in [-0.2, 0) is 0 Å². The lowest BCUT2D eigenvalue weighted by atomic mass is 10.3. The summed E-state index contributed by atoms with van der Waals surface area (Å²) in [5.41, 5.74) is 0.393. The van der Waals surface area contributed by atoms with Crippen LogP contribution in [0.3, 0.4) is 0 Å². The lowest BCUT2D eigenvalue weighted by molar-refractivity contribution is 0.249. The molecule has 0 atom stereocenters. The summed E-state index contributed by atoms with van der Waals surface area (Å²) >= 11 is 0. The van der Waals surface area contributed by atoms with Crippen molar-refractivity contribution < 1.29 is 9.59 Å². The standard InChI is InChI=1S/C20H31N9O4/c1-13-11-15(30)25-17(23-13)27-19(32)21-7-4-5-9-29(3)10-6-8-22-20(33)28-18-24-14(2)12-16(31)26-18/h11-12H,4-10H2,1-3H3,(H3,21,23,25,27,30,32)(H3,22,24,26,28,31,33). The van der Waals surface area contributed by atoms with E-state index in [4.69, 9.17) is 0 Å². The molecular formula is C20H31N9O4. The van der Waals surface area contributed by atoms with E-state index in [0.717, 1.165) is 32.4 Å². The Bertz CT molecular complexity index is 1050. The number of hydrogen-bond acceptors (Lipinski definition) is 7. The first-order valence-corrected chi connectivity index (χ1v) is 10.7. The molecule has 0 radical (unpaired) electrons. The molecule has 180 valence electrons. The Kier molecular flexibility index (Phi) is 10.0. The minimum absolute atomic E-state index is 0.111. The third kappa shape index (κ3) is 10.4. The van der Waals surface area contributed by atoms with Gasteiger partial charge >= 0.3 is 12.1 Å². The maximum absolute atomic E-state index is 11.9. The van der Waals surface area contributed by atoms with Crippen LogP contribution in [0.4, 0.5) is 21.5 Å². The summed E-state index contributed by atoms with van der Waals surface area (Å²) in [4.78, 5) is 61.6. The van der Waals surface area contributed by atoms with Gasteiger partial charge in [-0.25, -0.2) is 19.6 Å². The van der Waals surface area contributed by atoms with E-state index in [1.165, 1.54) is 12.1 Å². The molecule has 0 aliphatic carbocycles. The van der Waals surface area contributed by atoms with Crippen molar-refractivity contribution in [2.24, 2.45) is 0 Å². The van der Waals surface area contributed by atoms with E-state index >= 15 is 0 Å². The fourth-order valence-corrected chi connectivity index (χ4v) is 2.95. The number of carbonyl (C=O) groups excluding carboxylic acids is 2. The van der Waals surface area contributed by atoms with Crippen LogP contribution in [0.15, 0.2) is 21.7 Å². The average Bonchev–Trinajstić information content (AvgIpc) is 2.69. The van der Waals surface area contributed by atoms with Gasteiger partial charge in [-0.3, -0.25) is 30.2 Å². The van der Waals surface area contributed by atoms with E-state index in [2.05, 4.69) is 46.1 Å². The van der Waals surface area contributed by atoms with Gasteiger partial charge in [0.2, 0.25) is 11.9 Å². The number of amides is 4. The number of nitrogens with one attached hydrogen (secondary N) is 6. The summed E-state index contributed by atoms with van der Waals surface area (Å²) in [6, 6.07) is 1.83. The van der Waals surface area contributed by atoms with Gasteiger partial charge in [-0.1, -0.05) is 0 Å². The van der Waals surface area contributed by atoms with Crippen molar-refractivity contribution >= 4 is 24.0 Å². The van der Waals surface area contributed by atoms with Gasteiger partial charge in [-0.15, -0.1) is 0 Å². The van der Waals surface area contributed by atoms with Crippen LogP contribution in [-0.4, -0.2) is 70.1 Å². The van der Waals surface area contributed by atoms with Gasteiger partial charge in [0.1, 0.15) is 0 Å². The van der Waals surface area contributed by atoms with Crippen molar-refractivity contribution in [2.75, 3.05) is 43.9 Å². The second kappa shape index (κ2) is 13.0. The van der Waals surface area contributed by atoms with Gasteiger partial charge in [0.05, 0.1) is 0 Å². The SMILES string of the molecule is Cc1cc(=O)[nH]c(NC(=O)NCCCCN(C)CCCNC(=O)Nc2nc(C)cc(=O)[nH]2)n1. The van der Waals surface area contributed by atoms with Crippen molar-refractivity contribution in [1.29, 1.82) is 0 Å². The fraction of sp³-hybridized carbons (Fsp3) is 0.500. The largest absolute Gasteiger partial charge is 0.338 e. The van der Waals surface area contributed by atoms with Crippen molar-refractivity contribution in [3.63, 3.8) is 0 Å². The Morgan fingerprint density at radius 3 is 1.76 bits per heavy atom. The zero-order valence-electron chi connectivity index (χ0n) is 19.1. The predicted molar refractivity (Wildman–Crippen MR) is 125 cm³/mol. The number of rotatable bonds is 11. The van der Waals surface area contributed by atoms with Crippen LogP contribution >= 0.6 is 0 Å². The molecule has 2 aromatic heterocycles. The number of urea groups is 2. The number of aromatic amines is 2. The Hall–Kier alpha value is -3.74. The summed E-state index contributed by atoms with van der Waals surface area (Å²) in [5.74, 6) is 0.225. The molecule has 0 saturated heterocycles. The lowest BCUT2D eigenvalue weighted by Crippen LogP contribution is -2.33. The molecular weight excluding hydrogens is 430 g/mol. The first-order chi connectivity index (χ1) is 15.7. The molecule has 33 heavy (non-hydrogen) atoms. The van der Waals surface area contributed by atoms with E-state index in [9.17, 15) is 19.2 Å². The number of H-pyrrole nitrogens is 2. The molecule has 0 aliphatic rings.